The lowest BCUT2D eigenvalue weighted by Crippen LogP contribution is -2.45. The molecular weight excluding hydrogens is 444 g/mol. The largest absolute Gasteiger partial charge is 0.467 e. The molecule has 0 spiro atoms. The Bertz CT molecular complexity index is 642. The van der Waals surface area contributed by atoms with E-state index in [9.17, 15) is 19.2 Å². The summed E-state index contributed by atoms with van der Waals surface area (Å²) in [4.78, 5) is 49.6. The average molecular weight is 489 g/mol. The van der Waals surface area contributed by atoms with Gasteiger partial charge in [-0.1, -0.05) is 19.6 Å². The highest BCUT2D eigenvalue weighted by molar-refractivity contribution is 6.76. The van der Waals surface area contributed by atoms with Gasteiger partial charge in [-0.15, -0.1) is 0 Å². The molecule has 0 heterocycles. The molecule has 0 aromatic carbocycles. The Labute approximate surface area is 199 Å². The SMILES string of the molecule is COC(=O)[C@H](CCCCN)NC(=O)[C@H](CCC(=O)OC(C)(C)C)CC(=O)OCC[Si](C)(C)C. The summed E-state index contributed by atoms with van der Waals surface area (Å²) in [5.41, 5.74) is 4.86. The molecule has 0 bridgehead atoms. The number of carbonyl (C=O) groups excluding carboxylic acids is 4. The molecule has 2 atom stereocenters. The van der Waals surface area contributed by atoms with Crippen LogP contribution in [0.25, 0.3) is 0 Å². The fraction of sp³-hybridized carbons (Fsp3) is 0.826. The van der Waals surface area contributed by atoms with Crippen LogP contribution in [0, 0.1) is 5.92 Å². The molecule has 0 rings (SSSR count). The zero-order chi connectivity index (χ0) is 25.7. The second kappa shape index (κ2) is 15.1. The first-order valence-electron chi connectivity index (χ1n) is 11.6. The molecule has 0 aliphatic heterocycles. The van der Waals surface area contributed by atoms with E-state index in [1.807, 2.05) is 0 Å². The van der Waals surface area contributed by atoms with E-state index in [1.165, 1.54) is 7.11 Å². The van der Waals surface area contributed by atoms with Crippen molar-refractivity contribution >= 4 is 31.9 Å². The molecule has 0 saturated heterocycles. The Morgan fingerprint density at radius 1 is 1.00 bits per heavy atom. The Morgan fingerprint density at radius 3 is 2.15 bits per heavy atom. The number of hydrogen-bond acceptors (Lipinski definition) is 8. The third-order valence-electron chi connectivity index (χ3n) is 4.77. The number of ether oxygens (including phenoxy) is 3. The maximum atomic E-state index is 13.0. The van der Waals surface area contributed by atoms with Crippen LogP contribution >= 0.6 is 0 Å². The standard InChI is InChI=1S/C23H44N2O7Si/c1-23(2,3)32-19(26)12-11-17(16-20(27)31-14-15-33(5,6)7)21(28)25-18(22(29)30-4)10-8-9-13-24/h17-18H,8-16,24H2,1-7H3,(H,25,28)/t17-,18+/m1/s1. The van der Waals surface area contributed by atoms with Crippen molar-refractivity contribution in [3.8, 4) is 0 Å². The van der Waals surface area contributed by atoms with Crippen LogP contribution in [0.5, 0.6) is 0 Å². The first-order chi connectivity index (χ1) is 15.2. The number of hydrogen-bond donors (Lipinski definition) is 2. The van der Waals surface area contributed by atoms with E-state index < -0.39 is 49.4 Å². The summed E-state index contributed by atoms with van der Waals surface area (Å²) in [6.07, 6.45) is 1.59. The minimum Gasteiger partial charge on any atom is -0.467 e. The number of nitrogens with one attached hydrogen (secondary N) is 1. The van der Waals surface area contributed by atoms with Crippen molar-refractivity contribution in [3.05, 3.63) is 0 Å². The second-order valence-corrected chi connectivity index (χ2v) is 16.0. The Kier molecular flexibility index (Phi) is 14.2. The number of nitrogens with two attached hydrogens (primary N) is 1. The van der Waals surface area contributed by atoms with E-state index >= 15 is 0 Å². The lowest BCUT2D eigenvalue weighted by Gasteiger charge is -2.23. The predicted molar refractivity (Wildman–Crippen MR) is 129 cm³/mol. The normalized spacial score (nSPS) is 13.6. The number of methoxy groups -OCH3 is 1. The summed E-state index contributed by atoms with van der Waals surface area (Å²) in [5, 5.41) is 2.68. The molecule has 33 heavy (non-hydrogen) atoms. The van der Waals surface area contributed by atoms with Gasteiger partial charge in [0.1, 0.15) is 11.6 Å². The van der Waals surface area contributed by atoms with Crippen LogP contribution in [0.15, 0.2) is 0 Å². The first kappa shape index (κ1) is 31.1. The van der Waals surface area contributed by atoms with Crippen LogP contribution in [-0.2, 0) is 33.4 Å². The van der Waals surface area contributed by atoms with Crippen LogP contribution in [0.1, 0.15) is 59.3 Å². The number of amides is 1. The summed E-state index contributed by atoms with van der Waals surface area (Å²) in [6, 6.07) is -0.0278. The van der Waals surface area contributed by atoms with Crippen molar-refractivity contribution in [2.75, 3.05) is 20.3 Å². The average Bonchev–Trinajstić information content (AvgIpc) is 2.67. The smallest absolute Gasteiger partial charge is 0.328 e. The highest BCUT2D eigenvalue weighted by Gasteiger charge is 2.29. The zero-order valence-corrected chi connectivity index (χ0v) is 22.5. The Morgan fingerprint density at radius 2 is 1.64 bits per heavy atom. The summed E-state index contributed by atoms with van der Waals surface area (Å²) >= 11 is 0. The minimum atomic E-state index is -1.37. The molecule has 0 unspecified atom stereocenters. The summed E-state index contributed by atoms with van der Waals surface area (Å²) in [6.45, 7) is 12.6. The van der Waals surface area contributed by atoms with Crippen LogP contribution in [0.2, 0.25) is 25.7 Å². The van der Waals surface area contributed by atoms with Gasteiger partial charge in [0.05, 0.1) is 20.1 Å². The lowest BCUT2D eigenvalue weighted by molar-refractivity contribution is -0.156. The van der Waals surface area contributed by atoms with Gasteiger partial charge in [-0.3, -0.25) is 14.4 Å². The van der Waals surface area contributed by atoms with E-state index in [-0.39, 0.29) is 19.3 Å². The highest BCUT2D eigenvalue weighted by Crippen LogP contribution is 2.18. The lowest BCUT2D eigenvalue weighted by atomic mass is 9.97. The molecule has 9 nitrogen and oxygen atoms in total. The summed E-state index contributed by atoms with van der Waals surface area (Å²) < 4.78 is 15.4. The van der Waals surface area contributed by atoms with Crippen molar-refractivity contribution in [3.63, 3.8) is 0 Å². The molecule has 0 aromatic heterocycles. The van der Waals surface area contributed by atoms with Crippen LogP contribution in [0.3, 0.4) is 0 Å². The van der Waals surface area contributed by atoms with Crippen molar-refractivity contribution in [2.45, 2.75) is 96.6 Å². The number of esters is 3. The predicted octanol–water partition coefficient (Wildman–Crippen LogP) is 2.78. The van der Waals surface area contributed by atoms with Gasteiger partial charge in [0.25, 0.3) is 0 Å². The van der Waals surface area contributed by atoms with E-state index in [0.29, 0.717) is 32.4 Å². The molecule has 0 aromatic rings. The fourth-order valence-corrected chi connectivity index (χ4v) is 3.63. The zero-order valence-electron chi connectivity index (χ0n) is 21.5. The van der Waals surface area contributed by atoms with E-state index in [4.69, 9.17) is 19.9 Å². The maximum Gasteiger partial charge on any atom is 0.328 e. The first-order valence-corrected chi connectivity index (χ1v) is 15.3. The topological polar surface area (TPSA) is 134 Å². The van der Waals surface area contributed by atoms with Gasteiger partial charge in [-0.2, -0.15) is 0 Å². The molecule has 192 valence electrons. The van der Waals surface area contributed by atoms with E-state index in [0.717, 1.165) is 6.04 Å². The van der Waals surface area contributed by atoms with Crippen molar-refractivity contribution in [1.29, 1.82) is 0 Å². The molecule has 0 fully saturated rings. The van der Waals surface area contributed by atoms with Gasteiger partial charge in [-0.25, -0.2) is 4.79 Å². The van der Waals surface area contributed by atoms with Crippen LogP contribution < -0.4 is 11.1 Å². The van der Waals surface area contributed by atoms with Gasteiger partial charge >= 0.3 is 17.9 Å². The third-order valence-corrected chi connectivity index (χ3v) is 6.47. The maximum absolute atomic E-state index is 13.0. The van der Waals surface area contributed by atoms with Crippen molar-refractivity contribution in [1.82, 2.24) is 5.32 Å². The Hall–Kier alpha value is -1.94. The molecular formula is C23H44N2O7Si. The minimum absolute atomic E-state index is 0.0341. The highest BCUT2D eigenvalue weighted by atomic mass is 28.3. The van der Waals surface area contributed by atoms with Gasteiger partial charge in [0.15, 0.2) is 0 Å². The Balaban J connectivity index is 5.21. The molecule has 0 saturated carbocycles. The fourth-order valence-electron chi connectivity index (χ4n) is 2.92. The molecule has 0 aliphatic rings. The van der Waals surface area contributed by atoms with Crippen LogP contribution in [0.4, 0.5) is 0 Å². The van der Waals surface area contributed by atoms with Gasteiger partial charge in [-0.05, 0) is 59.0 Å². The van der Waals surface area contributed by atoms with Gasteiger partial charge in [0, 0.05) is 20.4 Å². The molecule has 0 radical (unpaired) electrons. The molecule has 1 amide bonds. The molecule has 10 heteroatoms. The number of rotatable bonds is 15. The number of carbonyl (C=O) groups is 4. The van der Waals surface area contributed by atoms with Crippen LogP contribution in [-0.4, -0.2) is 63.8 Å². The summed E-state index contributed by atoms with van der Waals surface area (Å²) in [5.74, 6) is -2.86. The molecule has 0 aliphatic carbocycles. The number of unbranched alkanes of at least 4 members (excludes halogenated alkanes) is 1. The van der Waals surface area contributed by atoms with E-state index in [2.05, 4.69) is 25.0 Å². The van der Waals surface area contributed by atoms with Crippen molar-refractivity contribution in [2.24, 2.45) is 11.7 Å². The molecule has 3 N–H and O–H groups in total. The quantitative estimate of drug-likeness (QED) is 0.155. The monoisotopic (exact) mass is 488 g/mol. The van der Waals surface area contributed by atoms with Gasteiger partial charge in [0.2, 0.25) is 5.91 Å². The third kappa shape index (κ3) is 16.3. The van der Waals surface area contributed by atoms with Crippen molar-refractivity contribution < 1.29 is 33.4 Å². The summed E-state index contributed by atoms with van der Waals surface area (Å²) in [7, 11) is -0.121. The second-order valence-electron chi connectivity index (χ2n) is 10.4. The van der Waals surface area contributed by atoms with E-state index in [1.54, 1.807) is 20.8 Å². The van der Waals surface area contributed by atoms with Gasteiger partial charge < -0.3 is 25.3 Å².